The number of alkyl halides is 3. The summed E-state index contributed by atoms with van der Waals surface area (Å²) >= 11 is 0. The van der Waals surface area contributed by atoms with Crippen LogP contribution in [-0.4, -0.2) is 46.5 Å². The van der Waals surface area contributed by atoms with E-state index in [9.17, 15) is 18.4 Å². The van der Waals surface area contributed by atoms with Crippen molar-refractivity contribution in [3.05, 3.63) is 59.8 Å². The van der Waals surface area contributed by atoms with E-state index in [1.54, 1.807) is 6.07 Å². The number of guanidine groups is 1. The lowest BCUT2D eigenvalue weighted by Gasteiger charge is -2.45. The van der Waals surface area contributed by atoms with Gasteiger partial charge in [0.15, 0.2) is 6.19 Å². The fourth-order valence-electron chi connectivity index (χ4n) is 4.41. The second kappa shape index (κ2) is 9.41. The Hall–Kier alpha value is -3.87. The predicted octanol–water partition coefficient (Wildman–Crippen LogP) is 5.03. The summed E-state index contributed by atoms with van der Waals surface area (Å²) in [5.41, 5.74) is 0.722. The summed E-state index contributed by atoms with van der Waals surface area (Å²) < 4.78 is 40.6. The lowest BCUT2D eigenvalue weighted by molar-refractivity contribution is -0.136. The molecule has 1 aliphatic heterocycles. The SMILES string of the molecule is Cc1ccccc1N(C#N)C(=N)N1CCN(c2cnc3cccc(C(F)(F)F)c3n2)CC1C(C)C. The van der Waals surface area contributed by atoms with Crippen LogP contribution in [0.1, 0.15) is 25.0 Å². The maximum absolute atomic E-state index is 13.5. The van der Waals surface area contributed by atoms with E-state index < -0.39 is 11.7 Å². The molecule has 0 radical (unpaired) electrons. The van der Waals surface area contributed by atoms with Gasteiger partial charge in [0.1, 0.15) is 11.3 Å². The molecule has 1 atom stereocenters. The summed E-state index contributed by atoms with van der Waals surface area (Å²) in [6, 6.07) is 11.1. The molecule has 0 spiro atoms. The number of fused-ring (bicyclic) bond motifs is 1. The summed E-state index contributed by atoms with van der Waals surface area (Å²) in [6.07, 6.45) is -0.911. The number of rotatable bonds is 3. The molecule has 3 aromatic rings. The molecule has 0 amide bonds. The van der Waals surface area contributed by atoms with E-state index in [1.165, 1.54) is 23.2 Å². The van der Waals surface area contributed by atoms with Crippen LogP contribution in [0.3, 0.4) is 0 Å². The molecule has 10 heteroatoms. The molecular formula is C25H26F3N7. The topological polar surface area (TPSA) is 83.1 Å². The molecule has 1 N–H and O–H groups in total. The van der Waals surface area contributed by atoms with E-state index in [4.69, 9.17) is 5.41 Å². The van der Waals surface area contributed by atoms with E-state index in [0.29, 0.717) is 31.1 Å². The van der Waals surface area contributed by atoms with Gasteiger partial charge in [0, 0.05) is 19.6 Å². The molecule has 7 nitrogen and oxygen atoms in total. The van der Waals surface area contributed by atoms with Gasteiger partial charge in [-0.2, -0.15) is 18.4 Å². The Balaban J connectivity index is 1.63. The first-order chi connectivity index (χ1) is 16.6. The van der Waals surface area contributed by atoms with Crippen molar-refractivity contribution in [2.24, 2.45) is 5.92 Å². The molecule has 4 rings (SSSR count). The fraction of sp³-hybridized carbons (Fsp3) is 0.360. The first-order valence-electron chi connectivity index (χ1n) is 11.3. The van der Waals surface area contributed by atoms with Crippen LogP contribution in [0, 0.1) is 29.7 Å². The van der Waals surface area contributed by atoms with Crippen LogP contribution in [0.5, 0.6) is 0 Å². The number of nitriles is 1. The molecule has 1 aliphatic rings. The minimum atomic E-state index is -4.53. The standard InChI is InChI=1S/C25H26F3N7/c1-16(2)21-14-33(22-13-31-19-9-6-8-18(23(19)32-22)25(26,27)28)11-12-34(21)24(30)35(15-29)20-10-5-4-7-17(20)3/h4-10,13,16,21,30H,11-12,14H2,1-3H3. The number of hydrogen-bond donors (Lipinski definition) is 1. The summed E-state index contributed by atoms with van der Waals surface area (Å²) in [4.78, 5) is 13.7. The summed E-state index contributed by atoms with van der Waals surface area (Å²) in [7, 11) is 0. The maximum atomic E-state index is 13.5. The molecule has 1 saturated heterocycles. The van der Waals surface area contributed by atoms with Crippen molar-refractivity contribution in [1.82, 2.24) is 14.9 Å². The Kier molecular flexibility index (Phi) is 6.52. The average molecular weight is 482 g/mol. The third-order valence-electron chi connectivity index (χ3n) is 6.32. The van der Waals surface area contributed by atoms with Crippen molar-refractivity contribution in [3.8, 4) is 6.19 Å². The quantitative estimate of drug-likeness (QED) is 0.245. The van der Waals surface area contributed by atoms with Crippen LogP contribution >= 0.6 is 0 Å². The Morgan fingerprint density at radius 2 is 1.91 bits per heavy atom. The van der Waals surface area contributed by atoms with Crippen LogP contribution in [0.25, 0.3) is 11.0 Å². The fourth-order valence-corrected chi connectivity index (χ4v) is 4.41. The number of anilines is 2. The second-order valence-corrected chi connectivity index (χ2v) is 8.90. The van der Waals surface area contributed by atoms with Crippen LogP contribution in [-0.2, 0) is 6.18 Å². The number of aromatic nitrogens is 2. The van der Waals surface area contributed by atoms with E-state index in [0.717, 1.165) is 11.6 Å². The zero-order chi connectivity index (χ0) is 25.3. The molecule has 182 valence electrons. The normalized spacial score (nSPS) is 16.5. The highest BCUT2D eigenvalue weighted by molar-refractivity contribution is 5.97. The minimum Gasteiger partial charge on any atom is -0.351 e. The highest BCUT2D eigenvalue weighted by Gasteiger charge is 2.36. The number of benzene rings is 2. The van der Waals surface area contributed by atoms with E-state index in [1.807, 2.05) is 48.8 Å². The molecule has 35 heavy (non-hydrogen) atoms. The van der Waals surface area contributed by atoms with Crippen molar-refractivity contribution in [2.45, 2.75) is 33.0 Å². The van der Waals surface area contributed by atoms with Crippen LogP contribution < -0.4 is 9.80 Å². The Morgan fingerprint density at radius 1 is 1.17 bits per heavy atom. The van der Waals surface area contributed by atoms with Gasteiger partial charge in [0.25, 0.3) is 0 Å². The van der Waals surface area contributed by atoms with E-state index in [2.05, 4.69) is 16.2 Å². The number of para-hydroxylation sites is 2. The van der Waals surface area contributed by atoms with E-state index >= 15 is 0 Å². The number of piperazine rings is 1. The molecule has 2 heterocycles. The first-order valence-corrected chi connectivity index (χ1v) is 11.3. The molecule has 1 fully saturated rings. The number of nitrogens with one attached hydrogen (secondary N) is 1. The number of halogens is 3. The van der Waals surface area contributed by atoms with Crippen LogP contribution in [0.15, 0.2) is 48.7 Å². The van der Waals surface area contributed by atoms with Gasteiger partial charge in [-0.05, 0) is 36.6 Å². The van der Waals surface area contributed by atoms with E-state index in [-0.39, 0.29) is 29.0 Å². The second-order valence-electron chi connectivity index (χ2n) is 8.90. The number of hydrogen-bond acceptors (Lipinski definition) is 5. The van der Waals surface area contributed by atoms with Crippen molar-refractivity contribution >= 4 is 28.5 Å². The van der Waals surface area contributed by atoms with Gasteiger partial charge < -0.3 is 9.80 Å². The number of nitrogens with zero attached hydrogens (tertiary/aromatic N) is 6. The Labute approximate surface area is 201 Å². The molecule has 0 aliphatic carbocycles. The molecule has 1 aromatic heterocycles. The zero-order valence-electron chi connectivity index (χ0n) is 19.7. The molecule has 2 aromatic carbocycles. The smallest absolute Gasteiger partial charge is 0.351 e. The van der Waals surface area contributed by atoms with Crippen molar-refractivity contribution in [2.75, 3.05) is 29.4 Å². The Morgan fingerprint density at radius 3 is 2.57 bits per heavy atom. The zero-order valence-corrected chi connectivity index (χ0v) is 19.7. The van der Waals surface area contributed by atoms with Gasteiger partial charge in [-0.1, -0.05) is 38.1 Å². The number of aryl methyl sites for hydroxylation is 1. The van der Waals surface area contributed by atoms with Crippen molar-refractivity contribution < 1.29 is 13.2 Å². The van der Waals surface area contributed by atoms with Gasteiger partial charge in [-0.15, -0.1) is 0 Å². The predicted molar refractivity (Wildman–Crippen MR) is 129 cm³/mol. The summed E-state index contributed by atoms with van der Waals surface area (Å²) in [5, 5.41) is 18.7. The monoisotopic (exact) mass is 481 g/mol. The molecule has 0 bridgehead atoms. The third-order valence-corrected chi connectivity index (χ3v) is 6.32. The minimum absolute atomic E-state index is 0.0732. The highest BCUT2D eigenvalue weighted by atomic mass is 19.4. The lowest BCUT2D eigenvalue weighted by Crippen LogP contribution is -2.60. The maximum Gasteiger partial charge on any atom is 0.418 e. The largest absolute Gasteiger partial charge is 0.418 e. The van der Waals surface area contributed by atoms with Gasteiger partial charge >= 0.3 is 6.18 Å². The molecule has 1 unspecified atom stereocenters. The lowest BCUT2D eigenvalue weighted by atomic mass is 9.99. The van der Waals surface area contributed by atoms with Gasteiger partial charge in [-0.25, -0.2) is 9.88 Å². The van der Waals surface area contributed by atoms with Crippen molar-refractivity contribution in [1.29, 1.82) is 10.7 Å². The third kappa shape index (κ3) is 4.71. The van der Waals surface area contributed by atoms with Gasteiger partial charge in [0.05, 0.1) is 29.0 Å². The molecule has 0 saturated carbocycles. The van der Waals surface area contributed by atoms with Crippen molar-refractivity contribution in [3.63, 3.8) is 0 Å². The van der Waals surface area contributed by atoms with Gasteiger partial charge in [0.2, 0.25) is 5.96 Å². The van der Waals surface area contributed by atoms with Crippen LogP contribution in [0.4, 0.5) is 24.7 Å². The molecular weight excluding hydrogens is 455 g/mol. The summed E-state index contributed by atoms with van der Waals surface area (Å²) in [6.45, 7) is 7.19. The highest BCUT2D eigenvalue weighted by Crippen LogP contribution is 2.34. The average Bonchev–Trinajstić information content (AvgIpc) is 2.83. The van der Waals surface area contributed by atoms with Crippen LogP contribution in [0.2, 0.25) is 0 Å². The Bertz CT molecular complexity index is 1280. The first kappa shape index (κ1) is 24.3. The summed E-state index contributed by atoms with van der Waals surface area (Å²) in [5.74, 6) is 0.542. The van der Waals surface area contributed by atoms with Gasteiger partial charge in [-0.3, -0.25) is 10.4 Å².